The number of nitro groups is 1. The van der Waals surface area contributed by atoms with Gasteiger partial charge in [-0.2, -0.15) is 5.10 Å². The summed E-state index contributed by atoms with van der Waals surface area (Å²) < 4.78 is 6.84. The van der Waals surface area contributed by atoms with Crippen molar-refractivity contribution in [1.29, 1.82) is 0 Å². The Kier molecular flexibility index (Phi) is 5.64. The van der Waals surface area contributed by atoms with Crippen molar-refractivity contribution in [2.24, 2.45) is 0 Å². The predicted octanol–water partition coefficient (Wildman–Crippen LogP) is 4.05. The molecule has 0 radical (unpaired) electrons. The zero-order valence-corrected chi connectivity index (χ0v) is 15.5. The summed E-state index contributed by atoms with van der Waals surface area (Å²) >= 11 is 0. The molecule has 7 heteroatoms. The second-order valence-electron chi connectivity index (χ2n) is 6.29. The number of benzene rings is 2. The lowest BCUT2D eigenvalue weighted by Gasteiger charge is -2.09. The minimum absolute atomic E-state index is 0.0706. The number of aromatic nitrogens is 2. The molecule has 1 heterocycles. The third-order valence-electron chi connectivity index (χ3n) is 4.20. The van der Waals surface area contributed by atoms with Gasteiger partial charge in [-0.05, 0) is 36.8 Å². The maximum Gasteiger partial charge on any atom is 0.307 e. The lowest BCUT2D eigenvalue weighted by atomic mass is 10.1. The van der Waals surface area contributed by atoms with Crippen molar-refractivity contribution in [3.63, 3.8) is 0 Å². The molecule has 28 heavy (non-hydrogen) atoms. The molecule has 0 saturated carbocycles. The van der Waals surface area contributed by atoms with Crippen LogP contribution in [0.4, 0.5) is 5.69 Å². The van der Waals surface area contributed by atoms with E-state index in [4.69, 9.17) is 4.74 Å². The van der Waals surface area contributed by atoms with Gasteiger partial charge in [0.05, 0.1) is 18.6 Å². The average Bonchev–Trinajstić information content (AvgIpc) is 3.15. The summed E-state index contributed by atoms with van der Waals surface area (Å²) in [5, 5.41) is 14.8. The summed E-state index contributed by atoms with van der Waals surface area (Å²) in [5.74, 6) is 0.559. The van der Waals surface area contributed by atoms with Crippen LogP contribution in [0.15, 0.2) is 60.9 Å². The third-order valence-corrected chi connectivity index (χ3v) is 4.20. The first kappa shape index (κ1) is 19.0. The van der Waals surface area contributed by atoms with Gasteiger partial charge in [-0.25, -0.2) is 0 Å². The number of ether oxygens (including phenoxy) is 1. The zero-order valence-electron chi connectivity index (χ0n) is 15.5. The molecule has 0 saturated heterocycles. The van der Waals surface area contributed by atoms with Crippen LogP contribution in [0.1, 0.15) is 27.0 Å². The molecule has 0 unspecified atom stereocenters. The van der Waals surface area contributed by atoms with Gasteiger partial charge >= 0.3 is 5.69 Å². The van der Waals surface area contributed by atoms with Gasteiger partial charge in [-0.3, -0.25) is 19.6 Å². The van der Waals surface area contributed by atoms with Crippen molar-refractivity contribution in [3.05, 3.63) is 93.3 Å². The van der Waals surface area contributed by atoms with Crippen LogP contribution < -0.4 is 4.74 Å². The highest BCUT2D eigenvalue weighted by Crippen LogP contribution is 2.22. The highest BCUT2D eigenvalue weighted by molar-refractivity contribution is 6.06. The van der Waals surface area contributed by atoms with Crippen LogP contribution in [0.3, 0.4) is 0 Å². The van der Waals surface area contributed by atoms with Crippen molar-refractivity contribution in [1.82, 2.24) is 9.78 Å². The van der Waals surface area contributed by atoms with Gasteiger partial charge in [-0.15, -0.1) is 0 Å². The Hall–Kier alpha value is -3.74. The van der Waals surface area contributed by atoms with E-state index in [1.807, 2.05) is 37.3 Å². The quantitative estimate of drug-likeness (QED) is 0.268. The smallest absolute Gasteiger partial charge is 0.307 e. The molecule has 0 aliphatic carbocycles. The molecule has 3 aromatic rings. The molecular weight excluding hydrogens is 358 g/mol. The molecule has 0 aliphatic heterocycles. The molecule has 0 atom stereocenters. The van der Waals surface area contributed by atoms with Crippen molar-refractivity contribution < 1.29 is 14.5 Å². The first-order valence-corrected chi connectivity index (χ1v) is 8.59. The van der Waals surface area contributed by atoms with Gasteiger partial charge in [-0.1, -0.05) is 35.9 Å². The number of aryl methyl sites for hydroxylation is 1. The fourth-order valence-corrected chi connectivity index (χ4v) is 2.80. The van der Waals surface area contributed by atoms with Crippen LogP contribution in [0.25, 0.3) is 6.08 Å². The number of carbonyl (C=O) groups is 1. The second kappa shape index (κ2) is 8.30. The third kappa shape index (κ3) is 4.50. The monoisotopic (exact) mass is 377 g/mol. The van der Waals surface area contributed by atoms with E-state index in [0.717, 1.165) is 16.7 Å². The second-order valence-corrected chi connectivity index (χ2v) is 6.29. The van der Waals surface area contributed by atoms with E-state index >= 15 is 0 Å². The van der Waals surface area contributed by atoms with E-state index in [0.29, 0.717) is 17.9 Å². The number of nitrogens with zero attached hydrogens (tertiary/aromatic N) is 3. The van der Waals surface area contributed by atoms with Gasteiger partial charge in [0.25, 0.3) is 0 Å². The summed E-state index contributed by atoms with van der Waals surface area (Å²) in [4.78, 5) is 22.7. The van der Waals surface area contributed by atoms with Crippen LogP contribution in [-0.4, -0.2) is 27.6 Å². The van der Waals surface area contributed by atoms with Gasteiger partial charge in [0.2, 0.25) is 0 Å². The number of rotatable bonds is 7. The Labute approximate surface area is 162 Å². The number of carbonyl (C=O) groups excluding carboxylic acids is 1. The molecule has 142 valence electrons. The standard InChI is InChI=1S/C21H19N3O4/c1-15-4-3-5-17(10-15)20(25)8-6-16-7-9-21(28-2)18(11-16)13-23-14-19(12-22-23)24(26)27/h3-12,14H,13H2,1-2H3/b8-6+. The van der Waals surface area contributed by atoms with E-state index in [2.05, 4.69) is 5.10 Å². The number of ketones is 1. The molecule has 0 N–H and O–H groups in total. The van der Waals surface area contributed by atoms with E-state index in [9.17, 15) is 14.9 Å². The molecule has 0 fully saturated rings. The molecular formula is C21H19N3O4. The number of allylic oxidation sites excluding steroid dienone is 1. The van der Waals surface area contributed by atoms with Gasteiger partial charge < -0.3 is 4.74 Å². The Morgan fingerprint density at radius 2 is 2.11 bits per heavy atom. The van der Waals surface area contributed by atoms with Crippen molar-refractivity contribution in [3.8, 4) is 5.75 Å². The Morgan fingerprint density at radius 1 is 1.29 bits per heavy atom. The normalized spacial score (nSPS) is 10.9. The molecule has 3 rings (SSSR count). The molecule has 2 aromatic carbocycles. The molecule has 7 nitrogen and oxygen atoms in total. The minimum atomic E-state index is -0.489. The molecule has 0 aliphatic rings. The maximum atomic E-state index is 12.3. The van der Waals surface area contributed by atoms with Crippen LogP contribution in [0.2, 0.25) is 0 Å². The highest BCUT2D eigenvalue weighted by atomic mass is 16.6. The number of methoxy groups -OCH3 is 1. The summed E-state index contributed by atoms with van der Waals surface area (Å²) in [6.45, 7) is 2.25. The lowest BCUT2D eigenvalue weighted by molar-refractivity contribution is -0.385. The van der Waals surface area contributed by atoms with Crippen molar-refractivity contribution >= 4 is 17.5 Å². The van der Waals surface area contributed by atoms with Gasteiger partial charge in [0, 0.05) is 11.1 Å². The van der Waals surface area contributed by atoms with Crippen LogP contribution in [0.5, 0.6) is 5.75 Å². The van der Waals surface area contributed by atoms with Crippen LogP contribution >= 0.6 is 0 Å². The Balaban J connectivity index is 1.81. The SMILES string of the molecule is COc1ccc(/C=C/C(=O)c2cccc(C)c2)cc1Cn1cc([N+](=O)[O-])cn1. The van der Waals surface area contributed by atoms with Crippen LogP contribution in [0, 0.1) is 17.0 Å². The summed E-state index contributed by atoms with van der Waals surface area (Å²) in [6, 6.07) is 12.9. The number of hydrogen-bond acceptors (Lipinski definition) is 5. The fourth-order valence-electron chi connectivity index (χ4n) is 2.80. The van der Waals surface area contributed by atoms with Crippen molar-refractivity contribution in [2.75, 3.05) is 7.11 Å². The first-order valence-electron chi connectivity index (χ1n) is 8.59. The first-order chi connectivity index (χ1) is 13.5. The van der Waals surface area contributed by atoms with E-state index in [1.165, 1.54) is 23.2 Å². The highest BCUT2D eigenvalue weighted by Gasteiger charge is 2.11. The van der Waals surface area contributed by atoms with Gasteiger partial charge in [0.15, 0.2) is 5.78 Å². The average molecular weight is 377 g/mol. The summed E-state index contributed by atoms with van der Waals surface area (Å²) in [5.41, 5.74) is 3.20. The van der Waals surface area contributed by atoms with E-state index in [1.54, 1.807) is 25.3 Å². The maximum absolute atomic E-state index is 12.3. The largest absolute Gasteiger partial charge is 0.496 e. The van der Waals surface area contributed by atoms with Crippen LogP contribution in [-0.2, 0) is 6.54 Å². The van der Waals surface area contributed by atoms with Gasteiger partial charge in [0.1, 0.15) is 18.1 Å². The Morgan fingerprint density at radius 3 is 2.79 bits per heavy atom. The predicted molar refractivity (Wildman–Crippen MR) is 106 cm³/mol. The number of hydrogen-bond donors (Lipinski definition) is 0. The molecule has 0 spiro atoms. The summed E-state index contributed by atoms with van der Waals surface area (Å²) in [7, 11) is 1.56. The molecule has 0 amide bonds. The minimum Gasteiger partial charge on any atom is -0.496 e. The molecule has 1 aromatic heterocycles. The Bertz CT molecular complexity index is 1050. The van der Waals surface area contributed by atoms with E-state index < -0.39 is 4.92 Å². The van der Waals surface area contributed by atoms with Crippen molar-refractivity contribution in [2.45, 2.75) is 13.5 Å². The molecule has 0 bridgehead atoms. The zero-order chi connectivity index (χ0) is 20.1. The lowest BCUT2D eigenvalue weighted by Crippen LogP contribution is -2.02. The van der Waals surface area contributed by atoms with E-state index in [-0.39, 0.29) is 11.5 Å². The summed E-state index contributed by atoms with van der Waals surface area (Å²) in [6.07, 6.45) is 5.83. The fraction of sp³-hybridized carbons (Fsp3) is 0.143. The topological polar surface area (TPSA) is 87.3 Å².